The minimum absolute atomic E-state index is 0.154. The number of rotatable bonds is 4. The van der Waals surface area contributed by atoms with E-state index in [9.17, 15) is 18.0 Å². The molecule has 7 nitrogen and oxygen atoms in total. The number of aliphatic carboxylic acids is 1. The van der Waals surface area contributed by atoms with Gasteiger partial charge in [0.25, 0.3) is 10.0 Å². The summed E-state index contributed by atoms with van der Waals surface area (Å²) in [6.07, 6.45) is 0. The van der Waals surface area contributed by atoms with Crippen LogP contribution in [-0.2, 0) is 19.6 Å². The van der Waals surface area contributed by atoms with Crippen molar-refractivity contribution in [2.24, 2.45) is 0 Å². The van der Waals surface area contributed by atoms with Gasteiger partial charge in [-0.05, 0) is 31.4 Å². The first kappa shape index (κ1) is 16.3. The number of sulfonamides is 1. The molecule has 1 heterocycles. The van der Waals surface area contributed by atoms with Crippen LogP contribution in [-0.4, -0.2) is 37.5 Å². The summed E-state index contributed by atoms with van der Waals surface area (Å²) < 4.78 is 26.5. The molecule has 0 aliphatic carbocycles. The summed E-state index contributed by atoms with van der Waals surface area (Å²) >= 11 is 0. The number of amides is 1. The molecule has 2 N–H and O–H groups in total. The number of carbonyl (C=O) groups excluding carboxylic acids is 1. The van der Waals surface area contributed by atoms with E-state index in [1.54, 1.807) is 30.3 Å². The summed E-state index contributed by atoms with van der Waals surface area (Å²) in [6, 6.07) is 10.1. The number of carboxylic acids is 1. The SMILES string of the molecule is CC(C)(NC(=O)CN1c2cccc3cccc(c23)S1(=O)=O)C(=O)O. The Morgan fingerprint density at radius 1 is 1.17 bits per heavy atom. The lowest BCUT2D eigenvalue weighted by atomic mass is 10.1. The van der Waals surface area contributed by atoms with E-state index in [1.165, 1.54) is 19.9 Å². The third kappa shape index (κ3) is 2.39. The molecule has 0 saturated heterocycles. The number of hydrogen-bond acceptors (Lipinski definition) is 4. The van der Waals surface area contributed by atoms with Crippen molar-refractivity contribution in [2.45, 2.75) is 24.3 Å². The first-order valence-corrected chi connectivity index (χ1v) is 8.67. The van der Waals surface area contributed by atoms with Crippen molar-refractivity contribution >= 4 is 38.4 Å². The average Bonchev–Trinajstić information content (AvgIpc) is 2.70. The van der Waals surface area contributed by atoms with E-state index in [0.29, 0.717) is 11.1 Å². The van der Waals surface area contributed by atoms with Gasteiger partial charge in [-0.3, -0.25) is 9.10 Å². The zero-order chi connectivity index (χ0) is 17.7. The molecule has 0 unspecified atom stereocenters. The Hall–Kier alpha value is -2.61. The predicted molar refractivity (Wildman–Crippen MR) is 88.3 cm³/mol. The molecule has 0 atom stereocenters. The molecule has 2 aromatic carbocycles. The molecule has 0 spiro atoms. The fourth-order valence-electron chi connectivity index (χ4n) is 2.70. The molecular formula is C16H16N2O5S. The normalized spacial score (nSPS) is 15.5. The summed E-state index contributed by atoms with van der Waals surface area (Å²) in [7, 11) is -3.84. The molecule has 24 heavy (non-hydrogen) atoms. The van der Waals surface area contributed by atoms with Crippen LogP contribution in [0.4, 0.5) is 5.69 Å². The summed E-state index contributed by atoms with van der Waals surface area (Å²) in [5.41, 5.74) is -1.06. The number of benzene rings is 2. The number of anilines is 1. The maximum absolute atomic E-state index is 12.7. The van der Waals surface area contributed by atoms with Gasteiger partial charge >= 0.3 is 5.97 Å². The number of nitrogens with one attached hydrogen (secondary N) is 1. The van der Waals surface area contributed by atoms with Crippen LogP contribution >= 0.6 is 0 Å². The molecule has 0 bridgehead atoms. The molecule has 2 aromatic rings. The van der Waals surface area contributed by atoms with Gasteiger partial charge < -0.3 is 10.4 Å². The molecule has 126 valence electrons. The zero-order valence-corrected chi connectivity index (χ0v) is 13.9. The van der Waals surface area contributed by atoms with Gasteiger partial charge in [0.15, 0.2) is 0 Å². The maximum atomic E-state index is 12.7. The monoisotopic (exact) mass is 348 g/mol. The van der Waals surface area contributed by atoms with E-state index < -0.39 is 34.0 Å². The van der Waals surface area contributed by atoms with Crippen LogP contribution in [0, 0.1) is 0 Å². The minimum atomic E-state index is -3.84. The van der Waals surface area contributed by atoms with Gasteiger partial charge in [0.05, 0.1) is 10.6 Å². The van der Waals surface area contributed by atoms with Crippen LogP contribution in [0.2, 0.25) is 0 Å². The van der Waals surface area contributed by atoms with E-state index in [1.807, 2.05) is 0 Å². The molecule has 1 amide bonds. The summed E-state index contributed by atoms with van der Waals surface area (Å²) in [6.45, 7) is 2.19. The summed E-state index contributed by atoms with van der Waals surface area (Å²) in [4.78, 5) is 23.5. The Morgan fingerprint density at radius 3 is 2.42 bits per heavy atom. The van der Waals surface area contributed by atoms with Gasteiger partial charge in [0.2, 0.25) is 5.91 Å². The van der Waals surface area contributed by atoms with Gasteiger partial charge in [0.1, 0.15) is 12.1 Å². The topological polar surface area (TPSA) is 104 Å². The van der Waals surface area contributed by atoms with Gasteiger partial charge in [-0.15, -0.1) is 0 Å². The number of hydrogen-bond donors (Lipinski definition) is 2. The maximum Gasteiger partial charge on any atom is 0.328 e. The van der Waals surface area contributed by atoms with E-state index in [2.05, 4.69) is 5.32 Å². The first-order chi connectivity index (χ1) is 11.1. The number of carboxylic acid groups (broad SMARTS) is 1. The lowest BCUT2D eigenvalue weighted by molar-refractivity contribution is -0.145. The van der Waals surface area contributed by atoms with Crippen LogP contribution in [0.25, 0.3) is 10.8 Å². The van der Waals surface area contributed by atoms with Crippen molar-refractivity contribution in [3.8, 4) is 0 Å². The van der Waals surface area contributed by atoms with E-state index in [0.717, 1.165) is 9.69 Å². The lowest BCUT2D eigenvalue weighted by Gasteiger charge is -2.24. The Morgan fingerprint density at radius 2 is 1.79 bits per heavy atom. The van der Waals surface area contributed by atoms with E-state index in [4.69, 9.17) is 5.11 Å². The Kier molecular flexibility index (Phi) is 3.52. The van der Waals surface area contributed by atoms with Crippen molar-refractivity contribution < 1.29 is 23.1 Å². The smallest absolute Gasteiger partial charge is 0.328 e. The zero-order valence-electron chi connectivity index (χ0n) is 13.1. The third-order valence-electron chi connectivity index (χ3n) is 3.96. The largest absolute Gasteiger partial charge is 0.480 e. The van der Waals surface area contributed by atoms with Crippen molar-refractivity contribution in [3.05, 3.63) is 36.4 Å². The van der Waals surface area contributed by atoms with Crippen LogP contribution in [0.15, 0.2) is 41.3 Å². The molecule has 0 fully saturated rings. The van der Waals surface area contributed by atoms with Gasteiger partial charge in [-0.1, -0.05) is 24.3 Å². The molecule has 0 saturated carbocycles. The molecule has 8 heteroatoms. The fourth-order valence-corrected chi connectivity index (χ4v) is 4.37. The van der Waals surface area contributed by atoms with E-state index in [-0.39, 0.29) is 4.90 Å². The highest BCUT2D eigenvalue weighted by molar-refractivity contribution is 7.93. The molecule has 0 radical (unpaired) electrons. The number of nitrogens with zero attached hydrogens (tertiary/aromatic N) is 1. The summed E-state index contributed by atoms with van der Waals surface area (Å²) in [5.74, 6) is -1.89. The van der Waals surface area contributed by atoms with Crippen LogP contribution in [0.1, 0.15) is 13.8 Å². The standard InChI is InChI=1S/C16H16N2O5S/c1-16(2,15(20)21)17-13(19)9-18-11-7-3-5-10-6-4-8-12(14(10)11)24(18,22)23/h3-8H,9H2,1-2H3,(H,17,19)(H,20,21). The van der Waals surface area contributed by atoms with E-state index >= 15 is 0 Å². The second-order valence-electron chi connectivity index (χ2n) is 6.12. The second kappa shape index (κ2) is 5.20. The fraction of sp³-hybridized carbons (Fsp3) is 0.250. The Balaban J connectivity index is 1.98. The molecular weight excluding hydrogens is 332 g/mol. The van der Waals surface area contributed by atoms with Gasteiger partial charge in [-0.2, -0.15) is 0 Å². The minimum Gasteiger partial charge on any atom is -0.480 e. The lowest BCUT2D eigenvalue weighted by Crippen LogP contribution is -2.52. The number of carbonyl (C=O) groups is 2. The van der Waals surface area contributed by atoms with Crippen LogP contribution < -0.4 is 9.62 Å². The first-order valence-electron chi connectivity index (χ1n) is 7.23. The van der Waals surface area contributed by atoms with Crippen molar-refractivity contribution in [1.82, 2.24) is 5.32 Å². The van der Waals surface area contributed by atoms with Crippen LogP contribution in [0.5, 0.6) is 0 Å². The van der Waals surface area contributed by atoms with Gasteiger partial charge in [0, 0.05) is 5.39 Å². The quantitative estimate of drug-likeness (QED) is 0.867. The predicted octanol–water partition coefficient (Wildman–Crippen LogP) is 1.33. The van der Waals surface area contributed by atoms with Gasteiger partial charge in [-0.25, -0.2) is 13.2 Å². The molecule has 1 aliphatic rings. The Labute approximate surface area is 138 Å². The highest BCUT2D eigenvalue weighted by atomic mass is 32.2. The highest BCUT2D eigenvalue weighted by Gasteiger charge is 2.38. The highest BCUT2D eigenvalue weighted by Crippen LogP contribution is 2.41. The average molecular weight is 348 g/mol. The molecule has 0 aromatic heterocycles. The van der Waals surface area contributed by atoms with Crippen molar-refractivity contribution in [1.29, 1.82) is 0 Å². The molecule has 1 aliphatic heterocycles. The third-order valence-corrected chi connectivity index (χ3v) is 5.76. The Bertz CT molecular complexity index is 960. The molecule has 3 rings (SSSR count). The van der Waals surface area contributed by atoms with Crippen LogP contribution in [0.3, 0.4) is 0 Å². The summed E-state index contributed by atoms with van der Waals surface area (Å²) in [5, 5.41) is 12.7. The second-order valence-corrected chi connectivity index (χ2v) is 7.95. The van der Waals surface area contributed by atoms with Crippen molar-refractivity contribution in [3.63, 3.8) is 0 Å². The van der Waals surface area contributed by atoms with Crippen molar-refractivity contribution in [2.75, 3.05) is 10.8 Å².